The highest BCUT2D eigenvalue weighted by atomic mass is 32.1. The molecule has 0 saturated heterocycles. The van der Waals surface area contributed by atoms with E-state index in [0.717, 1.165) is 12.1 Å². The van der Waals surface area contributed by atoms with Gasteiger partial charge in [-0.25, -0.2) is 0 Å². The summed E-state index contributed by atoms with van der Waals surface area (Å²) in [5.41, 5.74) is 7.94. The van der Waals surface area contributed by atoms with Crippen LogP contribution in [-0.4, -0.2) is 0 Å². The van der Waals surface area contributed by atoms with Crippen molar-refractivity contribution in [1.29, 1.82) is 0 Å². The molecule has 0 saturated carbocycles. The van der Waals surface area contributed by atoms with Gasteiger partial charge in [-0.2, -0.15) is 0 Å². The van der Waals surface area contributed by atoms with E-state index in [1.165, 1.54) is 20.5 Å². The van der Waals surface area contributed by atoms with Gasteiger partial charge in [0, 0.05) is 10.6 Å². The smallest absolute Gasteiger partial charge is 0.0578 e. The fourth-order valence-electron chi connectivity index (χ4n) is 1.43. The van der Waals surface area contributed by atoms with Crippen LogP contribution in [0.1, 0.15) is 18.2 Å². The first-order valence-corrected chi connectivity index (χ1v) is 5.50. The van der Waals surface area contributed by atoms with Gasteiger partial charge in [0.1, 0.15) is 0 Å². The average molecular weight is 203 g/mol. The van der Waals surface area contributed by atoms with Gasteiger partial charge >= 0.3 is 0 Å². The number of allylic oxidation sites excluding steroid dienone is 1. The van der Waals surface area contributed by atoms with Gasteiger partial charge in [0.15, 0.2) is 0 Å². The molecule has 2 aromatic rings. The summed E-state index contributed by atoms with van der Waals surface area (Å²) in [7, 11) is 0. The van der Waals surface area contributed by atoms with Crippen LogP contribution in [0.15, 0.2) is 30.8 Å². The maximum atomic E-state index is 5.89. The van der Waals surface area contributed by atoms with Gasteiger partial charge in [-0.05, 0) is 29.5 Å². The van der Waals surface area contributed by atoms with E-state index in [2.05, 4.69) is 25.6 Å². The number of hydrogen-bond donors (Lipinski definition) is 1. The zero-order valence-electron chi connectivity index (χ0n) is 8.21. The molecule has 0 aliphatic carbocycles. The molecule has 0 fully saturated rings. The van der Waals surface area contributed by atoms with E-state index in [1.807, 2.05) is 12.1 Å². The third-order valence-corrected chi connectivity index (χ3v) is 3.65. The van der Waals surface area contributed by atoms with Crippen LogP contribution < -0.4 is 5.73 Å². The van der Waals surface area contributed by atoms with Crippen molar-refractivity contribution in [3.05, 3.63) is 35.7 Å². The zero-order chi connectivity index (χ0) is 10.1. The van der Waals surface area contributed by atoms with Gasteiger partial charge in [-0.15, -0.1) is 11.3 Å². The molecule has 1 heterocycles. The second-order valence-electron chi connectivity index (χ2n) is 3.33. The summed E-state index contributed by atoms with van der Waals surface area (Å²) in [6, 6.07) is 8.19. The molecule has 1 aromatic heterocycles. The quantitative estimate of drug-likeness (QED) is 0.736. The van der Waals surface area contributed by atoms with Crippen LogP contribution >= 0.6 is 11.3 Å². The monoisotopic (exact) mass is 203 g/mol. The van der Waals surface area contributed by atoms with E-state index in [1.54, 1.807) is 11.3 Å². The number of nitrogens with two attached hydrogens (primary N) is 1. The molecule has 1 nitrogen and oxygen atoms in total. The summed E-state index contributed by atoms with van der Waals surface area (Å²) in [4.78, 5) is 1.25. The Morgan fingerprint density at radius 2 is 2.29 bits per heavy atom. The molecule has 0 radical (unpaired) electrons. The number of rotatable bonds is 2. The van der Waals surface area contributed by atoms with Crippen molar-refractivity contribution in [3.8, 4) is 0 Å². The van der Waals surface area contributed by atoms with E-state index < -0.39 is 0 Å². The van der Waals surface area contributed by atoms with Crippen LogP contribution in [0.5, 0.6) is 0 Å². The number of hydrogen-bond acceptors (Lipinski definition) is 2. The predicted molar refractivity (Wildman–Crippen MR) is 65.6 cm³/mol. The van der Waals surface area contributed by atoms with Crippen LogP contribution in [0.3, 0.4) is 0 Å². The Morgan fingerprint density at radius 1 is 1.50 bits per heavy atom. The first kappa shape index (κ1) is 9.28. The van der Waals surface area contributed by atoms with Gasteiger partial charge in [-0.1, -0.05) is 25.6 Å². The number of nitrogen functional groups attached to an aromatic ring is 1. The molecule has 72 valence electrons. The highest BCUT2D eigenvalue weighted by Gasteiger charge is 2.05. The van der Waals surface area contributed by atoms with E-state index in [4.69, 9.17) is 5.73 Å². The lowest BCUT2D eigenvalue weighted by molar-refractivity contribution is 1.26. The van der Waals surface area contributed by atoms with Crippen molar-refractivity contribution in [1.82, 2.24) is 0 Å². The fraction of sp³-hybridized carbons (Fsp3) is 0.167. The molecular weight excluding hydrogens is 190 g/mol. The van der Waals surface area contributed by atoms with Crippen molar-refractivity contribution in [2.45, 2.75) is 13.3 Å². The fourth-order valence-corrected chi connectivity index (χ4v) is 2.56. The molecule has 0 aliphatic heterocycles. The minimum Gasteiger partial charge on any atom is -0.398 e. The van der Waals surface area contributed by atoms with Gasteiger partial charge < -0.3 is 5.73 Å². The molecule has 0 atom stereocenters. The lowest BCUT2D eigenvalue weighted by Crippen LogP contribution is -1.81. The summed E-state index contributed by atoms with van der Waals surface area (Å²) in [5, 5.41) is 1.22. The minimum absolute atomic E-state index is 0.864. The maximum absolute atomic E-state index is 5.89. The lowest BCUT2D eigenvalue weighted by atomic mass is 10.1. The zero-order valence-corrected chi connectivity index (χ0v) is 9.03. The standard InChI is InChI=1S/C12H13NS/c1-3-8(2)11-7-9-5-4-6-10(13)12(9)14-11/h4-7H,2-3,13H2,1H3. The van der Waals surface area contributed by atoms with E-state index >= 15 is 0 Å². The summed E-state index contributed by atoms with van der Waals surface area (Å²) >= 11 is 1.73. The number of anilines is 1. The first-order valence-electron chi connectivity index (χ1n) is 4.68. The average Bonchev–Trinajstić information content (AvgIpc) is 2.62. The number of benzene rings is 1. The van der Waals surface area contributed by atoms with Crippen LogP contribution in [0.4, 0.5) is 5.69 Å². The normalized spacial score (nSPS) is 10.6. The molecule has 0 amide bonds. The maximum Gasteiger partial charge on any atom is 0.0578 e. The summed E-state index contributed by atoms with van der Waals surface area (Å²) in [5.74, 6) is 0. The van der Waals surface area contributed by atoms with Crippen LogP contribution in [0, 0.1) is 0 Å². The Hall–Kier alpha value is -1.28. The van der Waals surface area contributed by atoms with E-state index in [9.17, 15) is 0 Å². The van der Waals surface area contributed by atoms with Gasteiger partial charge in [0.05, 0.1) is 4.70 Å². The SMILES string of the molecule is C=C(CC)c1cc2cccc(N)c2s1. The lowest BCUT2D eigenvalue weighted by Gasteiger charge is -1.94. The third kappa shape index (κ3) is 1.42. The molecule has 0 spiro atoms. The second kappa shape index (κ2) is 3.46. The Balaban J connectivity index is 2.62. The second-order valence-corrected chi connectivity index (χ2v) is 4.39. The van der Waals surface area contributed by atoms with Crippen molar-refractivity contribution >= 4 is 32.7 Å². The van der Waals surface area contributed by atoms with Gasteiger partial charge in [0.2, 0.25) is 0 Å². The Labute approximate surface area is 87.9 Å². The summed E-state index contributed by atoms with van der Waals surface area (Å²) in [6.07, 6.45) is 0.993. The van der Waals surface area contributed by atoms with Crippen molar-refractivity contribution in [2.24, 2.45) is 0 Å². The van der Waals surface area contributed by atoms with Crippen LogP contribution in [0.25, 0.3) is 15.7 Å². The molecule has 1 aromatic carbocycles. The molecule has 2 rings (SSSR count). The molecule has 2 heteroatoms. The number of fused-ring (bicyclic) bond motifs is 1. The first-order chi connectivity index (χ1) is 6.72. The van der Waals surface area contributed by atoms with E-state index in [-0.39, 0.29) is 0 Å². The molecule has 0 unspecified atom stereocenters. The number of thiophene rings is 1. The molecule has 2 N–H and O–H groups in total. The molecule has 0 bridgehead atoms. The molecule has 0 aliphatic rings. The minimum atomic E-state index is 0.864. The summed E-state index contributed by atoms with van der Waals surface area (Å²) in [6.45, 7) is 6.16. The third-order valence-electron chi connectivity index (χ3n) is 2.35. The van der Waals surface area contributed by atoms with Crippen LogP contribution in [-0.2, 0) is 0 Å². The predicted octanol–water partition coefficient (Wildman–Crippen LogP) is 3.91. The summed E-state index contributed by atoms with van der Waals surface area (Å²) < 4.78 is 1.18. The van der Waals surface area contributed by atoms with E-state index in [0.29, 0.717) is 0 Å². The van der Waals surface area contributed by atoms with Gasteiger partial charge in [-0.3, -0.25) is 0 Å². The Morgan fingerprint density at radius 3 is 2.93 bits per heavy atom. The topological polar surface area (TPSA) is 26.0 Å². The largest absolute Gasteiger partial charge is 0.398 e. The molecular formula is C12H13NS. The highest BCUT2D eigenvalue weighted by Crippen LogP contribution is 2.34. The highest BCUT2D eigenvalue weighted by molar-refractivity contribution is 7.20. The Kier molecular flexibility index (Phi) is 2.30. The van der Waals surface area contributed by atoms with Crippen molar-refractivity contribution in [3.63, 3.8) is 0 Å². The van der Waals surface area contributed by atoms with Crippen molar-refractivity contribution < 1.29 is 0 Å². The Bertz CT molecular complexity index is 482. The molecule has 14 heavy (non-hydrogen) atoms. The van der Waals surface area contributed by atoms with Crippen LogP contribution in [0.2, 0.25) is 0 Å². The van der Waals surface area contributed by atoms with Crippen molar-refractivity contribution in [2.75, 3.05) is 5.73 Å². The van der Waals surface area contributed by atoms with Gasteiger partial charge in [0.25, 0.3) is 0 Å².